The van der Waals surface area contributed by atoms with Crippen molar-refractivity contribution in [2.45, 2.75) is 25.6 Å². The number of hydrogen-bond acceptors (Lipinski definition) is 2. The van der Waals surface area contributed by atoms with Gasteiger partial charge in [0.05, 0.1) is 5.56 Å². The Morgan fingerprint density at radius 3 is 2.48 bits per heavy atom. The zero-order valence-electron chi connectivity index (χ0n) is 11.2. The van der Waals surface area contributed by atoms with Gasteiger partial charge in [0, 0.05) is 18.6 Å². The van der Waals surface area contributed by atoms with Gasteiger partial charge in [0.1, 0.15) is 35.4 Å². The van der Waals surface area contributed by atoms with Crippen LogP contribution in [0.1, 0.15) is 29.7 Å². The van der Waals surface area contributed by atoms with E-state index in [0.29, 0.717) is 29.9 Å². The van der Waals surface area contributed by atoms with Crippen LogP contribution in [0.3, 0.4) is 0 Å². The molecule has 0 spiro atoms. The van der Waals surface area contributed by atoms with Crippen LogP contribution in [0.4, 0.5) is 13.2 Å². The second-order valence-corrected chi connectivity index (χ2v) is 5.19. The number of ether oxygens (including phenoxy) is 1. The summed E-state index contributed by atoms with van der Waals surface area (Å²) in [4.78, 5) is 0. The van der Waals surface area contributed by atoms with E-state index >= 15 is 0 Å². The first kappa shape index (κ1) is 13.9. The number of aliphatic hydroxyl groups is 1. The minimum Gasteiger partial charge on any atom is -0.490 e. The van der Waals surface area contributed by atoms with Crippen molar-refractivity contribution < 1.29 is 23.0 Å². The van der Waals surface area contributed by atoms with Crippen LogP contribution < -0.4 is 4.74 Å². The maximum Gasteiger partial charge on any atom is 0.135 e. The lowest BCUT2D eigenvalue weighted by atomic mass is 9.97. The van der Waals surface area contributed by atoms with Crippen LogP contribution in [0.15, 0.2) is 30.3 Å². The Labute approximate surface area is 119 Å². The Hall–Kier alpha value is -2.01. The van der Waals surface area contributed by atoms with Crippen LogP contribution in [0, 0.1) is 17.5 Å². The Morgan fingerprint density at radius 1 is 1.14 bits per heavy atom. The molecule has 2 aromatic carbocycles. The second kappa shape index (κ2) is 5.07. The number of hydrogen-bond donors (Lipinski definition) is 1. The van der Waals surface area contributed by atoms with Gasteiger partial charge in [0.2, 0.25) is 0 Å². The molecule has 0 radical (unpaired) electrons. The Bertz CT molecular complexity index is 677. The predicted molar refractivity (Wildman–Crippen MR) is 70.6 cm³/mol. The quantitative estimate of drug-likeness (QED) is 0.918. The van der Waals surface area contributed by atoms with E-state index in [2.05, 4.69) is 0 Å². The molecule has 110 valence electrons. The Balaban J connectivity index is 2.00. The smallest absolute Gasteiger partial charge is 0.135 e. The molecule has 0 bridgehead atoms. The fourth-order valence-corrected chi connectivity index (χ4v) is 2.59. The lowest BCUT2D eigenvalue weighted by Gasteiger charge is -2.14. The summed E-state index contributed by atoms with van der Waals surface area (Å²) in [6, 6.07) is 5.98. The highest BCUT2D eigenvalue weighted by molar-refractivity contribution is 5.43. The van der Waals surface area contributed by atoms with E-state index in [1.807, 2.05) is 6.92 Å². The van der Waals surface area contributed by atoms with Crippen molar-refractivity contribution in [1.82, 2.24) is 0 Å². The summed E-state index contributed by atoms with van der Waals surface area (Å²) in [5.74, 6) is -2.52. The van der Waals surface area contributed by atoms with Crippen LogP contribution in [-0.4, -0.2) is 11.2 Å². The molecule has 0 fully saturated rings. The molecular weight excluding hydrogens is 281 g/mol. The maximum atomic E-state index is 13.7. The highest BCUT2D eigenvalue weighted by atomic mass is 19.1. The third-order valence-corrected chi connectivity index (χ3v) is 3.55. The molecule has 5 heteroatoms. The molecule has 3 rings (SSSR count). The molecule has 0 amide bonds. The van der Waals surface area contributed by atoms with Crippen molar-refractivity contribution in [2.24, 2.45) is 0 Å². The number of halogens is 3. The summed E-state index contributed by atoms with van der Waals surface area (Å²) in [5.41, 5.74) is 0.668. The predicted octanol–water partition coefficient (Wildman–Crippen LogP) is 3.51. The van der Waals surface area contributed by atoms with E-state index in [4.69, 9.17) is 4.74 Å². The lowest BCUT2D eigenvalue weighted by molar-refractivity contribution is 0.208. The van der Waals surface area contributed by atoms with Gasteiger partial charge in [-0.15, -0.1) is 0 Å². The summed E-state index contributed by atoms with van der Waals surface area (Å²) in [5, 5.41) is 10.2. The molecule has 21 heavy (non-hydrogen) atoms. The molecule has 2 atom stereocenters. The van der Waals surface area contributed by atoms with E-state index in [1.54, 1.807) is 18.2 Å². The first-order valence-electron chi connectivity index (χ1n) is 6.57. The van der Waals surface area contributed by atoms with E-state index in [9.17, 15) is 18.3 Å². The van der Waals surface area contributed by atoms with Crippen LogP contribution in [0.5, 0.6) is 5.75 Å². The van der Waals surface area contributed by atoms with E-state index in [-0.39, 0.29) is 6.10 Å². The van der Waals surface area contributed by atoms with Crippen LogP contribution in [-0.2, 0) is 6.42 Å². The monoisotopic (exact) mass is 294 g/mol. The molecule has 1 aliphatic heterocycles. The maximum absolute atomic E-state index is 13.7. The molecule has 0 saturated carbocycles. The number of rotatable bonds is 2. The van der Waals surface area contributed by atoms with Crippen molar-refractivity contribution >= 4 is 0 Å². The number of fused-ring (bicyclic) bond motifs is 1. The fraction of sp³-hybridized carbons (Fsp3) is 0.250. The van der Waals surface area contributed by atoms with E-state index in [0.717, 1.165) is 5.56 Å². The highest BCUT2D eigenvalue weighted by Gasteiger charge is 2.24. The third kappa shape index (κ3) is 2.49. The fourth-order valence-electron chi connectivity index (χ4n) is 2.59. The van der Waals surface area contributed by atoms with Crippen molar-refractivity contribution in [3.63, 3.8) is 0 Å². The van der Waals surface area contributed by atoms with Gasteiger partial charge < -0.3 is 9.84 Å². The summed E-state index contributed by atoms with van der Waals surface area (Å²) >= 11 is 0. The molecule has 0 aliphatic carbocycles. The van der Waals surface area contributed by atoms with Gasteiger partial charge in [-0.25, -0.2) is 13.2 Å². The first-order valence-corrected chi connectivity index (χ1v) is 6.57. The van der Waals surface area contributed by atoms with Crippen LogP contribution in [0.25, 0.3) is 0 Å². The number of aliphatic hydroxyl groups excluding tert-OH is 1. The third-order valence-electron chi connectivity index (χ3n) is 3.55. The summed E-state index contributed by atoms with van der Waals surface area (Å²) < 4.78 is 45.9. The molecule has 2 unspecified atom stereocenters. The van der Waals surface area contributed by atoms with Crippen molar-refractivity contribution in [3.8, 4) is 5.75 Å². The SMILES string of the molecule is CC1Cc2cc(C(O)c3c(F)cc(F)cc3F)ccc2O1. The zero-order chi connectivity index (χ0) is 15.1. The standard InChI is InChI=1S/C16H13F3O2/c1-8-4-10-5-9(2-3-14(10)21-8)16(20)15-12(18)6-11(17)7-13(15)19/h2-3,5-8,16,20H,4H2,1H3. The molecule has 1 aliphatic rings. The molecule has 2 aromatic rings. The van der Waals surface area contributed by atoms with Crippen molar-refractivity contribution in [3.05, 3.63) is 64.5 Å². The van der Waals surface area contributed by atoms with Crippen LogP contribution >= 0.6 is 0 Å². The van der Waals surface area contributed by atoms with Gasteiger partial charge in [0.15, 0.2) is 0 Å². The molecule has 0 saturated heterocycles. The highest BCUT2D eigenvalue weighted by Crippen LogP contribution is 2.34. The molecule has 2 nitrogen and oxygen atoms in total. The van der Waals surface area contributed by atoms with Crippen LogP contribution in [0.2, 0.25) is 0 Å². The summed E-state index contributed by atoms with van der Waals surface area (Å²) in [6.07, 6.45) is -0.789. The van der Waals surface area contributed by atoms with Crippen molar-refractivity contribution in [2.75, 3.05) is 0 Å². The van der Waals surface area contributed by atoms with Gasteiger partial charge in [-0.1, -0.05) is 6.07 Å². The van der Waals surface area contributed by atoms with Crippen molar-refractivity contribution in [1.29, 1.82) is 0 Å². The summed E-state index contributed by atoms with van der Waals surface area (Å²) in [6.45, 7) is 1.91. The summed E-state index contributed by atoms with van der Waals surface area (Å²) in [7, 11) is 0. The van der Waals surface area contributed by atoms with E-state index < -0.39 is 29.1 Å². The van der Waals surface area contributed by atoms with E-state index in [1.165, 1.54) is 0 Å². The first-order chi connectivity index (χ1) is 9.95. The molecule has 0 aromatic heterocycles. The Morgan fingerprint density at radius 2 is 1.81 bits per heavy atom. The topological polar surface area (TPSA) is 29.5 Å². The largest absolute Gasteiger partial charge is 0.490 e. The minimum absolute atomic E-state index is 0.0340. The van der Waals surface area contributed by atoms with Gasteiger partial charge in [-0.3, -0.25) is 0 Å². The second-order valence-electron chi connectivity index (χ2n) is 5.19. The van der Waals surface area contributed by atoms with Gasteiger partial charge in [-0.2, -0.15) is 0 Å². The van der Waals surface area contributed by atoms with Gasteiger partial charge in [-0.05, 0) is 30.2 Å². The minimum atomic E-state index is -1.49. The molecule has 1 heterocycles. The number of benzene rings is 2. The Kier molecular flexibility index (Phi) is 3.37. The average molecular weight is 294 g/mol. The normalized spacial score (nSPS) is 18.2. The van der Waals surface area contributed by atoms with Gasteiger partial charge in [0.25, 0.3) is 0 Å². The lowest BCUT2D eigenvalue weighted by Crippen LogP contribution is -2.07. The molecular formula is C16H13F3O2. The zero-order valence-corrected chi connectivity index (χ0v) is 11.2. The van der Waals surface area contributed by atoms with Gasteiger partial charge >= 0.3 is 0 Å². The average Bonchev–Trinajstić information content (AvgIpc) is 2.76. The molecule has 1 N–H and O–H groups in total.